The highest BCUT2D eigenvalue weighted by molar-refractivity contribution is 7.10. The minimum Gasteiger partial charge on any atom is -0.363 e. The van der Waals surface area contributed by atoms with Crippen molar-refractivity contribution in [3.05, 3.63) is 41.0 Å². The molecule has 0 saturated carbocycles. The first-order valence-corrected chi connectivity index (χ1v) is 10.3. The molecule has 31 heavy (non-hydrogen) atoms. The lowest BCUT2D eigenvalue weighted by Crippen LogP contribution is -2.35. The Morgan fingerprint density at radius 1 is 1.23 bits per heavy atom. The molecule has 1 aliphatic heterocycles. The van der Waals surface area contributed by atoms with Crippen LogP contribution in [0.3, 0.4) is 0 Å². The zero-order chi connectivity index (χ0) is 21.3. The standard InChI is InChI=1S/C18H14F3N9S/c1-28-16-9(7-23-28)17-25-15(27-29(17)8-22-16)11-6-14-24-10(12-3-2-4-31-12)5-13(18(19,20)21)30(14)26-11/h2-4,6-8,10,13,24H,5H2,1H3/t10-,13+/m0/s1. The third-order valence-electron chi connectivity index (χ3n) is 5.37. The van der Waals surface area contributed by atoms with E-state index in [-0.39, 0.29) is 23.8 Å². The summed E-state index contributed by atoms with van der Waals surface area (Å²) >= 11 is 1.42. The first-order chi connectivity index (χ1) is 14.9. The van der Waals surface area contributed by atoms with E-state index < -0.39 is 18.3 Å². The van der Waals surface area contributed by atoms with Crippen molar-refractivity contribution < 1.29 is 13.2 Å². The van der Waals surface area contributed by atoms with E-state index in [0.29, 0.717) is 16.7 Å². The molecule has 0 unspecified atom stereocenters. The van der Waals surface area contributed by atoms with Crippen LogP contribution in [0, 0.1) is 0 Å². The van der Waals surface area contributed by atoms with Gasteiger partial charge in [0.1, 0.15) is 17.8 Å². The predicted molar refractivity (Wildman–Crippen MR) is 107 cm³/mol. The molecule has 1 aliphatic rings. The Morgan fingerprint density at radius 3 is 2.87 bits per heavy atom. The number of anilines is 1. The van der Waals surface area contributed by atoms with Gasteiger partial charge in [-0.2, -0.15) is 23.4 Å². The second-order valence-electron chi connectivity index (χ2n) is 7.32. The summed E-state index contributed by atoms with van der Waals surface area (Å²) in [4.78, 5) is 9.65. The van der Waals surface area contributed by atoms with E-state index >= 15 is 0 Å². The van der Waals surface area contributed by atoms with Crippen LogP contribution in [0.4, 0.5) is 19.0 Å². The summed E-state index contributed by atoms with van der Waals surface area (Å²) in [6.07, 6.45) is -1.46. The highest BCUT2D eigenvalue weighted by Gasteiger charge is 2.47. The van der Waals surface area contributed by atoms with Gasteiger partial charge in [-0.1, -0.05) is 6.07 Å². The molecule has 0 aliphatic carbocycles. The molecule has 0 saturated heterocycles. The quantitative estimate of drug-likeness (QED) is 0.447. The van der Waals surface area contributed by atoms with Crippen LogP contribution in [-0.2, 0) is 7.05 Å². The van der Waals surface area contributed by atoms with E-state index in [0.717, 1.165) is 9.56 Å². The molecule has 13 heteroatoms. The van der Waals surface area contributed by atoms with Crippen molar-refractivity contribution >= 4 is 33.8 Å². The third kappa shape index (κ3) is 2.80. The van der Waals surface area contributed by atoms with Gasteiger partial charge in [0.2, 0.25) is 5.82 Å². The van der Waals surface area contributed by atoms with Crippen LogP contribution in [-0.4, -0.2) is 45.3 Å². The fourth-order valence-electron chi connectivity index (χ4n) is 3.91. The normalized spacial score (nSPS) is 19.1. The molecular formula is C18H14F3N9S. The van der Waals surface area contributed by atoms with Gasteiger partial charge in [-0.05, 0) is 11.4 Å². The van der Waals surface area contributed by atoms with Crippen LogP contribution in [0.5, 0.6) is 0 Å². The number of aromatic nitrogens is 8. The largest absolute Gasteiger partial charge is 0.410 e. The van der Waals surface area contributed by atoms with E-state index in [4.69, 9.17) is 0 Å². The summed E-state index contributed by atoms with van der Waals surface area (Å²) in [5.41, 5.74) is 1.40. The van der Waals surface area contributed by atoms with Crippen molar-refractivity contribution in [2.24, 2.45) is 7.05 Å². The Morgan fingerprint density at radius 2 is 2.10 bits per heavy atom. The average Bonchev–Trinajstić information content (AvgIpc) is 3.50. The lowest BCUT2D eigenvalue weighted by molar-refractivity contribution is -0.173. The topological polar surface area (TPSA) is 90.8 Å². The SMILES string of the molecule is Cn1ncc2c1ncn1nc(-c3cc4n(n3)[C@@H](C(F)(F)F)C[C@@H](c3cccs3)N4)nc21. The van der Waals surface area contributed by atoms with Gasteiger partial charge in [0.05, 0.1) is 17.6 Å². The van der Waals surface area contributed by atoms with Crippen LogP contribution in [0.1, 0.15) is 23.4 Å². The van der Waals surface area contributed by atoms with Gasteiger partial charge in [-0.15, -0.1) is 16.4 Å². The lowest BCUT2D eigenvalue weighted by Gasteiger charge is -2.32. The number of hydrogen-bond donors (Lipinski definition) is 1. The van der Waals surface area contributed by atoms with E-state index in [2.05, 4.69) is 30.6 Å². The predicted octanol–water partition coefficient (Wildman–Crippen LogP) is 3.60. The summed E-state index contributed by atoms with van der Waals surface area (Å²) in [6.45, 7) is 0. The van der Waals surface area contributed by atoms with Gasteiger partial charge in [0, 0.05) is 24.4 Å². The van der Waals surface area contributed by atoms with Gasteiger partial charge < -0.3 is 5.32 Å². The molecule has 0 aromatic carbocycles. The van der Waals surface area contributed by atoms with Crippen LogP contribution >= 0.6 is 11.3 Å². The molecule has 9 nitrogen and oxygen atoms in total. The molecule has 0 bridgehead atoms. The number of nitrogens with one attached hydrogen (secondary N) is 1. The number of rotatable bonds is 2. The van der Waals surface area contributed by atoms with E-state index in [9.17, 15) is 13.2 Å². The molecule has 6 heterocycles. The van der Waals surface area contributed by atoms with E-state index in [1.54, 1.807) is 24.0 Å². The molecule has 5 aromatic rings. The summed E-state index contributed by atoms with van der Waals surface area (Å²) < 4.78 is 45.6. The summed E-state index contributed by atoms with van der Waals surface area (Å²) in [5.74, 6) is 0.501. The molecule has 0 spiro atoms. The number of nitrogens with zero attached hydrogens (tertiary/aromatic N) is 8. The Kier molecular flexibility index (Phi) is 3.70. The van der Waals surface area contributed by atoms with Crippen LogP contribution in [0.15, 0.2) is 36.1 Å². The second kappa shape index (κ2) is 6.26. The maximum Gasteiger partial charge on any atom is 0.410 e. The van der Waals surface area contributed by atoms with Gasteiger partial charge >= 0.3 is 6.18 Å². The van der Waals surface area contributed by atoms with Gasteiger partial charge in [0.15, 0.2) is 17.3 Å². The van der Waals surface area contributed by atoms with Crippen molar-refractivity contribution in [1.82, 2.24) is 39.1 Å². The molecule has 2 atom stereocenters. The number of fused-ring (bicyclic) bond motifs is 4. The Labute approximate surface area is 176 Å². The molecule has 6 rings (SSSR count). The van der Waals surface area contributed by atoms with Crippen LogP contribution in [0.25, 0.3) is 28.2 Å². The maximum atomic E-state index is 13.9. The third-order valence-corrected chi connectivity index (χ3v) is 6.36. The Balaban J connectivity index is 1.46. The number of aryl methyl sites for hydroxylation is 1. The first kappa shape index (κ1) is 18.3. The molecule has 0 radical (unpaired) electrons. The molecule has 0 fully saturated rings. The highest BCUT2D eigenvalue weighted by atomic mass is 32.1. The second-order valence-corrected chi connectivity index (χ2v) is 8.30. The molecule has 5 aromatic heterocycles. The highest BCUT2D eigenvalue weighted by Crippen LogP contribution is 2.45. The first-order valence-electron chi connectivity index (χ1n) is 9.38. The monoisotopic (exact) mass is 445 g/mol. The number of halogens is 3. The average molecular weight is 445 g/mol. The summed E-state index contributed by atoms with van der Waals surface area (Å²) in [6, 6.07) is 3.03. The summed E-state index contributed by atoms with van der Waals surface area (Å²) in [5, 5.41) is 18.5. The smallest absolute Gasteiger partial charge is 0.363 e. The molecular weight excluding hydrogens is 431 g/mol. The molecule has 1 N–H and O–H groups in total. The minimum absolute atomic E-state index is 0.142. The maximum absolute atomic E-state index is 13.9. The van der Waals surface area contributed by atoms with Gasteiger partial charge in [-0.25, -0.2) is 19.2 Å². The van der Waals surface area contributed by atoms with Gasteiger partial charge in [-0.3, -0.25) is 4.68 Å². The van der Waals surface area contributed by atoms with E-state index in [1.807, 2.05) is 17.5 Å². The van der Waals surface area contributed by atoms with Crippen molar-refractivity contribution in [2.45, 2.75) is 24.7 Å². The number of hydrogen-bond acceptors (Lipinski definition) is 7. The van der Waals surface area contributed by atoms with Crippen molar-refractivity contribution in [3.63, 3.8) is 0 Å². The molecule has 158 valence electrons. The zero-order valence-electron chi connectivity index (χ0n) is 15.9. The zero-order valence-corrected chi connectivity index (χ0v) is 16.8. The Bertz CT molecular complexity index is 1410. The fraction of sp³-hybridized carbons (Fsp3) is 0.278. The Hall–Kier alpha value is -3.48. The fourth-order valence-corrected chi connectivity index (χ4v) is 4.70. The lowest BCUT2D eigenvalue weighted by atomic mass is 10.0. The van der Waals surface area contributed by atoms with Crippen LogP contribution in [0.2, 0.25) is 0 Å². The number of thiophene rings is 1. The van der Waals surface area contributed by atoms with Gasteiger partial charge in [0.25, 0.3) is 0 Å². The van der Waals surface area contributed by atoms with Crippen molar-refractivity contribution in [1.29, 1.82) is 0 Å². The number of alkyl halides is 3. The van der Waals surface area contributed by atoms with Crippen molar-refractivity contribution in [2.75, 3.05) is 5.32 Å². The molecule has 0 amide bonds. The summed E-state index contributed by atoms with van der Waals surface area (Å²) in [7, 11) is 1.76. The van der Waals surface area contributed by atoms with Crippen molar-refractivity contribution in [3.8, 4) is 11.5 Å². The minimum atomic E-state index is -4.44. The van der Waals surface area contributed by atoms with E-state index in [1.165, 1.54) is 22.2 Å². The van der Waals surface area contributed by atoms with Crippen LogP contribution < -0.4 is 5.32 Å².